The van der Waals surface area contributed by atoms with Crippen molar-refractivity contribution in [3.63, 3.8) is 0 Å². The summed E-state index contributed by atoms with van der Waals surface area (Å²) in [4.78, 5) is 11.9. The summed E-state index contributed by atoms with van der Waals surface area (Å²) in [5, 5.41) is 4.37. The van der Waals surface area contributed by atoms with E-state index in [1.807, 2.05) is 0 Å². The number of alkyl halides is 1. The third-order valence-electron chi connectivity index (χ3n) is 2.67. The van der Waals surface area contributed by atoms with Gasteiger partial charge in [0, 0.05) is 15.4 Å². The zero-order valence-electron chi connectivity index (χ0n) is 8.40. The van der Waals surface area contributed by atoms with E-state index in [0.717, 1.165) is 22.6 Å². The molecule has 5 heteroatoms. The summed E-state index contributed by atoms with van der Waals surface area (Å²) in [5.74, 6) is -0.0636. The second-order valence-electron chi connectivity index (χ2n) is 4.00. The second kappa shape index (κ2) is 4.67. The van der Waals surface area contributed by atoms with Gasteiger partial charge in [0.2, 0.25) is 0 Å². The van der Waals surface area contributed by atoms with Gasteiger partial charge in [-0.3, -0.25) is 4.79 Å². The van der Waals surface area contributed by atoms with E-state index < -0.39 is 0 Å². The molecule has 0 unspecified atom stereocenters. The molecule has 16 heavy (non-hydrogen) atoms. The van der Waals surface area contributed by atoms with Crippen molar-refractivity contribution in [2.75, 3.05) is 5.33 Å². The fourth-order valence-corrected chi connectivity index (χ4v) is 2.52. The lowest BCUT2D eigenvalue weighted by atomic mass is 10.2. The van der Waals surface area contributed by atoms with Crippen LogP contribution in [-0.4, -0.2) is 16.8 Å². The minimum Gasteiger partial charge on any atom is -0.346 e. The van der Waals surface area contributed by atoms with Crippen LogP contribution < -0.4 is 5.32 Å². The summed E-state index contributed by atoms with van der Waals surface area (Å²) in [5.41, 5.74) is 0.566. The minimum atomic E-state index is -0.0636. The first-order valence-corrected chi connectivity index (χ1v) is 7.19. The molecule has 1 amide bonds. The van der Waals surface area contributed by atoms with E-state index in [-0.39, 0.29) is 11.4 Å². The lowest BCUT2D eigenvalue weighted by Crippen LogP contribution is -2.38. The summed E-state index contributed by atoms with van der Waals surface area (Å²) < 4.78 is 0.798. The molecule has 86 valence electrons. The number of amides is 1. The third kappa shape index (κ3) is 2.60. The first-order chi connectivity index (χ1) is 7.56. The molecule has 1 aromatic rings. The maximum absolute atomic E-state index is 11.9. The number of carbonyl (C=O) groups is 1. The zero-order valence-corrected chi connectivity index (χ0v) is 12.3. The van der Waals surface area contributed by atoms with Gasteiger partial charge >= 0.3 is 0 Å². The van der Waals surface area contributed by atoms with E-state index in [1.54, 1.807) is 18.2 Å². The smallest absolute Gasteiger partial charge is 0.251 e. The predicted molar refractivity (Wildman–Crippen MR) is 72.4 cm³/mol. The summed E-state index contributed by atoms with van der Waals surface area (Å²) >= 11 is 12.6. The molecule has 0 aliphatic heterocycles. The van der Waals surface area contributed by atoms with Crippen molar-refractivity contribution in [2.45, 2.75) is 18.4 Å². The van der Waals surface area contributed by atoms with Crippen LogP contribution in [0.4, 0.5) is 0 Å². The van der Waals surface area contributed by atoms with Gasteiger partial charge < -0.3 is 5.32 Å². The molecule has 0 radical (unpaired) electrons. The first kappa shape index (κ1) is 12.4. The van der Waals surface area contributed by atoms with Crippen LogP contribution >= 0.6 is 43.5 Å². The molecule has 1 aromatic carbocycles. The number of benzene rings is 1. The Morgan fingerprint density at radius 2 is 2.19 bits per heavy atom. The Kier molecular flexibility index (Phi) is 3.62. The highest BCUT2D eigenvalue weighted by Gasteiger charge is 2.42. The Morgan fingerprint density at radius 3 is 2.69 bits per heavy atom. The van der Waals surface area contributed by atoms with E-state index in [2.05, 4.69) is 37.2 Å². The summed E-state index contributed by atoms with van der Waals surface area (Å²) in [7, 11) is 0. The normalized spacial score (nSPS) is 16.9. The molecule has 1 aliphatic rings. The van der Waals surface area contributed by atoms with Crippen molar-refractivity contribution in [3.05, 3.63) is 33.3 Å². The van der Waals surface area contributed by atoms with Gasteiger partial charge in [-0.25, -0.2) is 0 Å². The maximum Gasteiger partial charge on any atom is 0.251 e. The highest BCUT2D eigenvalue weighted by molar-refractivity contribution is 9.10. The van der Waals surface area contributed by atoms with Crippen molar-refractivity contribution in [1.29, 1.82) is 0 Å². The van der Waals surface area contributed by atoms with Crippen LogP contribution in [0.2, 0.25) is 5.02 Å². The van der Waals surface area contributed by atoms with E-state index in [1.165, 1.54) is 0 Å². The van der Waals surface area contributed by atoms with Gasteiger partial charge in [-0.15, -0.1) is 0 Å². The number of halogens is 3. The van der Waals surface area contributed by atoms with Gasteiger partial charge in [-0.1, -0.05) is 27.5 Å². The fourth-order valence-electron chi connectivity index (χ4n) is 1.39. The van der Waals surface area contributed by atoms with Gasteiger partial charge in [0.15, 0.2) is 0 Å². The van der Waals surface area contributed by atoms with Crippen LogP contribution in [0.25, 0.3) is 0 Å². The molecule has 0 heterocycles. The Hall–Kier alpha value is -0.0600. The third-order valence-corrected chi connectivity index (χ3v) is 4.98. The molecule has 0 spiro atoms. The van der Waals surface area contributed by atoms with Crippen LogP contribution in [0.3, 0.4) is 0 Å². The molecule has 0 bridgehead atoms. The quantitative estimate of drug-likeness (QED) is 0.810. The highest BCUT2D eigenvalue weighted by atomic mass is 79.9. The molecular formula is C11H10Br2ClNO. The lowest BCUT2D eigenvalue weighted by molar-refractivity contribution is 0.0936. The number of nitrogens with one attached hydrogen (secondary N) is 1. The van der Waals surface area contributed by atoms with Gasteiger partial charge in [0.05, 0.1) is 10.6 Å². The van der Waals surface area contributed by atoms with Crippen molar-refractivity contribution in [3.8, 4) is 0 Å². The Labute approximate surface area is 116 Å². The van der Waals surface area contributed by atoms with Crippen molar-refractivity contribution < 1.29 is 4.79 Å². The Morgan fingerprint density at radius 1 is 1.50 bits per heavy atom. The summed E-state index contributed by atoms with van der Waals surface area (Å²) in [6.07, 6.45) is 2.07. The van der Waals surface area contributed by atoms with Crippen molar-refractivity contribution in [1.82, 2.24) is 5.32 Å². The number of carbonyl (C=O) groups excluding carboxylic acids is 1. The van der Waals surface area contributed by atoms with Crippen LogP contribution in [0.1, 0.15) is 23.2 Å². The lowest BCUT2D eigenvalue weighted by Gasteiger charge is -2.14. The second-order valence-corrected chi connectivity index (χ2v) is 5.82. The van der Waals surface area contributed by atoms with Crippen LogP contribution in [0.15, 0.2) is 22.7 Å². The van der Waals surface area contributed by atoms with Gasteiger partial charge in [0.1, 0.15) is 0 Å². The average Bonchev–Trinajstić information content (AvgIpc) is 3.02. The first-order valence-electron chi connectivity index (χ1n) is 4.90. The molecule has 0 atom stereocenters. The summed E-state index contributed by atoms with van der Waals surface area (Å²) in [6.45, 7) is 0. The standard InChI is InChI=1S/C11H10Br2ClNO/c12-6-11(3-4-11)15-10(16)7-1-2-8(13)9(14)5-7/h1-2,5H,3-4,6H2,(H,15,16). The zero-order chi connectivity index (χ0) is 11.8. The molecule has 0 saturated heterocycles. The maximum atomic E-state index is 11.9. The molecule has 2 rings (SSSR count). The van der Waals surface area contributed by atoms with Gasteiger partial charge in [-0.2, -0.15) is 0 Å². The largest absolute Gasteiger partial charge is 0.346 e. The minimum absolute atomic E-state index is 0.0311. The molecular weight excluding hydrogens is 357 g/mol. The number of rotatable bonds is 3. The molecule has 1 fully saturated rings. The van der Waals surface area contributed by atoms with Crippen LogP contribution in [-0.2, 0) is 0 Å². The number of hydrogen-bond acceptors (Lipinski definition) is 1. The van der Waals surface area contributed by atoms with Gasteiger partial charge in [-0.05, 0) is 47.0 Å². The monoisotopic (exact) mass is 365 g/mol. The van der Waals surface area contributed by atoms with Crippen molar-refractivity contribution in [2.24, 2.45) is 0 Å². The molecule has 1 aliphatic carbocycles. The molecule has 1 saturated carbocycles. The molecule has 2 nitrogen and oxygen atoms in total. The summed E-state index contributed by atoms with van der Waals surface area (Å²) in [6, 6.07) is 5.21. The highest BCUT2D eigenvalue weighted by Crippen LogP contribution is 2.37. The molecule has 1 N–H and O–H groups in total. The Balaban J connectivity index is 2.12. The van der Waals surface area contributed by atoms with E-state index in [9.17, 15) is 4.79 Å². The van der Waals surface area contributed by atoms with Crippen LogP contribution in [0.5, 0.6) is 0 Å². The topological polar surface area (TPSA) is 29.1 Å². The predicted octanol–water partition coefficient (Wildman–Crippen LogP) is 3.76. The van der Waals surface area contributed by atoms with E-state index >= 15 is 0 Å². The van der Waals surface area contributed by atoms with Gasteiger partial charge in [0.25, 0.3) is 5.91 Å². The van der Waals surface area contributed by atoms with Crippen molar-refractivity contribution >= 4 is 49.4 Å². The van der Waals surface area contributed by atoms with Crippen LogP contribution in [0, 0.1) is 0 Å². The molecule has 0 aromatic heterocycles. The van der Waals surface area contributed by atoms with E-state index in [4.69, 9.17) is 11.6 Å². The fraction of sp³-hybridized carbons (Fsp3) is 0.364. The number of hydrogen-bond donors (Lipinski definition) is 1. The Bertz CT molecular complexity index is 432. The van der Waals surface area contributed by atoms with E-state index in [0.29, 0.717) is 10.6 Å². The average molecular weight is 367 g/mol. The SMILES string of the molecule is O=C(NC1(CBr)CC1)c1ccc(Br)c(Cl)c1.